The Morgan fingerprint density at radius 2 is 2.16 bits per heavy atom. The monoisotopic (exact) mass is 358 g/mol. The highest BCUT2D eigenvalue weighted by Crippen LogP contribution is 2.32. The number of amides is 1. The number of imidazole rings is 1. The van der Waals surface area contributed by atoms with Gasteiger partial charge >= 0.3 is 0 Å². The molecule has 1 unspecified atom stereocenters. The lowest BCUT2D eigenvalue weighted by molar-refractivity contribution is -0.117. The first-order chi connectivity index (χ1) is 12.1. The lowest BCUT2D eigenvalue weighted by Crippen LogP contribution is -2.32. The molecule has 0 saturated carbocycles. The van der Waals surface area contributed by atoms with Gasteiger partial charge in [-0.05, 0) is 61.7 Å². The predicted octanol–water partition coefficient (Wildman–Crippen LogP) is 3.54. The lowest BCUT2D eigenvalue weighted by atomic mass is 9.84. The topological polar surface area (TPSA) is 59.0 Å². The van der Waals surface area contributed by atoms with Crippen LogP contribution in [0.15, 0.2) is 46.7 Å². The van der Waals surface area contributed by atoms with Crippen LogP contribution in [0, 0.1) is 11.8 Å². The van der Waals surface area contributed by atoms with Gasteiger partial charge in [0.05, 0.1) is 5.69 Å². The maximum atomic E-state index is 12.5. The second kappa shape index (κ2) is 8.54. The normalized spacial score (nSPS) is 16.6. The molecule has 0 bridgehead atoms. The molecule has 2 N–H and O–H groups in total. The summed E-state index contributed by atoms with van der Waals surface area (Å²) in [7, 11) is 1.97. The summed E-state index contributed by atoms with van der Waals surface area (Å²) in [6.07, 6.45) is 6.61. The standard InChI is InChI=1S/C19H26N4OS/c1-14(15-7-9-20-10-8-15)13-18(24)22-16-5-3-4-6-17(16)25-19-21-11-12-23(19)2/h3-6,11-12,14-15,20H,7-10,13H2,1-2H3,(H,22,24). The van der Waals surface area contributed by atoms with Crippen LogP contribution >= 0.6 is 11.8 Å². The molecule has 25 heavy (non-hydrogen) atoms. The van der Waals surface area contributed by atoms with Gasteiger partial charge in [0.25, 0.3) is 0 Å². The second-order valence-electron chi connectivity index (χ2n) is 6.74. The molecule has 6 heteroatoms. The van der Waals surface area contributed by atoms with Crippen LogP contribution in [-0.2, 0) is 11.8 Å². The summed E-state index contributed by atoms with van der Waals surface area (Å²) in [5.74, 6) is 1.15. The highest BCUT2D eigenvalue weighted by molar-refractivity contribution is 7.99. The molecule has 3 rings (SSSR count). The Hall–Kier alpha value is -1.79. The van der Waals surface area contributed by atoms with Crippen LogP contribution in [0.1, 0.15) is 26.2 Å². The van der Waals surface area contributed by atoms with Gasteiger partial charge in [0.2, 0.25) is 5.91 Å². The van der Waals surface area contributed by atoms with E-state index in [0.717, 1.165) is 28.8 Å². The second-order valence-corrected chi connectivity index (χ2v) is 7.75. The van der Waals surface area contributed by atoms with Gasteiger partial charge in [-0.2, -0.15) is 0 Å². The van der Waals surface area contributed by atoms with E-state index in [-0.39, 0.29) is 5.91 Å². The number of rotatable bonds is 6. The average Bonchev–Trinajstić information content (AvgIpc) is 3.02. The lowest BCUT2D eigenvalue weighted by Gasteiger charge is -2.28. The summed E-state index contributed by atoms with van der Waals surface area (Å²) < 4.78 is 1.97. The van der Waals surface area contributed by atoms with Gasteiger partial charge in [-0.25, -0.2) is 4.98 Å². The maximum absolute atomic E-state index is 12.5. The molecule has 1 aliphatic rings. The largest absolute Gasteiger partial charge is 0.329 e. The van der Waals surface area contributed by atoms with Gasteiger partial charge in [-0.3, -0.25) is 4.79 Å². The summed E-state index contributed by atoms with van der Waals surface area (Å²) in [4.78, 5) is 17.9. The van der Waals surface area contributed by atoms with Gasteiger partial charge in [0.1, 0.15) is 0 Å². The summed E-state index contributed by atoms with van der Waals surface area (Å²) in [5, 5.41) is 7.39. The molecule has 1 amide bonds. The van der Waals surface area contributed by atoms with E-state index >= 15 is 0 Å². The molecule has 1 saturated heterocycles. The van der Waals surface area contributed by atoms with E-state index in [4.69, 9.17) is 0 Å². The molecular weight excluding hydrogens is 332 g/mol. The zero-order chi connectivity index (χ0) is 17.6. The third-order valence-corrected chi connectivity index (χ3v) is 5.99. The molecule has 1 atom stereocenters. The number of hydrogen-bond donors (Lipinski definition) is 2. The van der Waals surface area contributed by atoms with Crippen molar-refractivity contribution >= 4 is 23.4 Å². The highest BCUT2D eigenvalue weighted by atomic mass is 32.2. The van der Waals surface area contributed by atoms with Gasteiger partial charge < -0.3 is 15.2 Å². The summed E-state index contributed by atoms with van der Waals surface area (Å²) in [6.45, 7) is 4.34. The number of hydrogen-bond acceptors (Lipinski definition) is 4. The first-order valence-electron chi connectivity index (χ1n) is 8.88. The van der Waals surface area contributed by atoms with Crippen LogP contribution in [0.2, 0.25) is 0 Å². The fraction of sp³-hybridized carbons (Fsp3) is 0.474. The van der Waals surface area contributed by atoms with Crippen molar-refractivity contribution in [3.05, 3.63) is 36.7 Å². The number of aryl methyl sites for hydroxylation is 1. The van der Waals surface area contributed by atoms with Gasteiger partial charge in [0, 0.05) is 30.8 Å². The van der Waals surface area contributed by atoms with Gasteiger partial charge in [0.15, 0.2) is 5.16 Å². The smallest absolute Gasteiger partial charge is 0.224 e. The number of carbonyl (C=O) groups is 1. The number of para-hydroxylation sites is 1. The average molecular weight is 359 g/mol. The fourth-order valence-corrected chi connectivity index (χ4v) is 4.17. The molecule has 0 radical (unpaired) electrons. The maximum Gasteiger partial charge on any atom is 0.224 e. The highest BCUT2D eigenvalue weighted by Gasteiger charge is 2.22. The van der Waals surface area contributed by atoms with Crippen molar-refractivity contribution in [2.24, 2.45) is 18.9 Å². The van der Waals surface area contributed by atoms with Gasteiger partial charge in [-0.15, -0.1) is 0 Å². The molecular formula is C19H26N4OS. The minimum absolute atomic E-state index is 0.0962. The number of nitrogens with zero attached hydrogens (tertiary/aromatic N) is 2. The molecule has 5 nitrogen and oxygen atoms in total. The van der Waals surface area contributed by atoms with Crippen molar-refractivity contribution in [2.45, 2.75) is 36.2 Å². The summed E-state index contributed by atoms with van der Waals surface area (Å²) >= 11 is 1.57. The van der Waals surface area contributed by atoms with Gasteiger partial charge in [-0.1, -0.05) is 19.1 Å². The van der Waals surface area contributed by atoms with Crippen LogP contribution < -0.4 is 10.6 Å². The van der Waals surface area contributed by atoms with Crippen molar-refractivity contribution in [3.8, 4) is 0 Å². The van der Waals surface area contributed by atoms with E-state index in [2.05, 4.69) is 22.5 Å². The van der Waals surface area contributed by atoms with E-state index in [9.17, 15) is 4.79 Å². The Balaban J connectivity index is 1.62. The zero-order valence-corrected chi connectivity index (χ0v) is 15.7. The van der Waals surface area contributed by atoms with E-state index < -0.39 is 0 Å². The fourth-order valence-electron chi connectivity index (χ4n) is 3.28. The van der Waals surface area contributed by atoms with Crippen LogP contribution in [0.4, 0.5) is 5.69 Å². The predicted molar refractivity (Wildman–Crippen MR) is 102 cm³/mol. The Morgan fingerprint density at radius 3 is 2.88 bits per heavy atom. The van der Waals surface area contributed by atoms with Crippen molar-refractivity contribution < 1.29 is 4.79 Å². The summed E-state index contributed by atoms with van der Waals surface area (Å²) in [6, 6.07) is 7.91. The van der Waals surface area contributed by atoms with E-state index in [0.29, 0.717) is 18.3 Å². The minimum atomic E-state index is 0.0962. The van der Waals surface area contributed by atoms with E-state index in [1.165, 1.54) is 12.8 Å². The summed E-state index contributed by atoms with van der Waals surface area (Å²) in [5.41, 5.74) is 0.859. The molecule has 0 spiro atoms. The van der Waals surface area contributed by atoms with Crippen molar-refractivity contribution in [2.75, 3.05) is 18.4 Å². The molecule has 1 aromatic heterocycles. The third-order valence-electron chi connectivity index (χ3n) is 4.84. The van der Waals surface area contributed by atoms with Crippen molar-refractivity contribution in [1.82, 2.24) is 14.9 Å². The Labute approximate surface area is 153 Å². The van der Waals surface area contributed by atoms with E-state index in [1.54, 1.807) is 18.0 Å². The van der Waals surface area contributed by atoms with Crippen molar-refractivity contribution in [3.63, 3.8) is 0 Å². The number of benzene rings is 1. The third kappa shape index (κ3) is 4.86. The molecule has 1 fully saturated rings. The van der Waals surface area contributed by atoms with E-state index in [1.807, 2.05) is 42.1 Å². The molecule has 2 aromatic rings. The SMILES string of the molecule is CC(CC(=O)Nc1ccccc1Sc1nccn1C)C1CCNCC1. The molecule has 134 valence electrons. The van der Waals surface area contributed by atoms with Crippen molar-refractivity contribution in [1.29, 1.82) is 0 Å². The molecule has 0 aliphatic carbocycles. The van der Waals surface area contributed by atoms with Crippen LogP contribution in [0.5, 0.6) is 0 Å². The molecule has 1 aliphatic heterocycles. The number of nitrogens with one attached hydrogen (secondary N) is 2. The number of piperidine rings is 1. The number of anilines is 1. The number of carbonyl (C=O) groups excluding carboxylic acids is 1. The van der Waals surface area contributed by atoms with Crippen LogP contribution in [0.25, 0.3) is 0 Å². The van der Waals surface area contributed by atoms with Crippen LogP contribution in [-0.4, -0.2) is 28.5 Å². The Kier molecular flexibility index (Phi) is 6.15. The first kappa shape index (κ1) is 18.0. The molecule has 2 heterocycles. The Morgan fingerprint density at radius 1 is 1.40 bits per heavy atom. The minimum Gasteiger partial charge on any atom is -0.329 e. The first-order valence-corrected chi connectivity index (χ1v) is 9.70. The van der Waals surface area contributed by atoms with Crippen LogP contribution in [0.3, 0.4) is 0 Å². The Bertz CT molecular complexity index is 709. The quantitative estimate of drug-likeness (QED) is 0.829. The number of aromatic nitrogens is 2. The zero-order valence-electron chi connectivity index (χ0n) is 14.9. The molecule has 1 aromatic carbocycles.